The number of fused-ring (bicyclic) bond motifs is 1. The Bertz CT molecular complexity index is 1170. The van der Waals surface area contributed by atoms with Gasteiger partial charge in [0.05, 0.1) is 12.7 Å². The molecule has 208 valence electrons. The Labute approximate surface area is 231 Å². The van der Waals surface area contributed by atoms with Crippen molar-refractivity contribution in [2.75, 3.05) is 0 Å². The number of rotatable bonds is 7. The zero-order valence-electron chi connectivity index (χ0n) is 25.1. The van der Waals surface area contributed by atoms with E-state index in [2.05, 4.69) is 73.7 Å². The molecule has 5 heteroatoms. The van der Waals surface area contributed by atoms with E-state index in [-0.39, 0.29) is 35.0 Å². The van der Waals surface area contributed by atoms with Crippen LogP contribution in [0.2, 0.25) is 18.1 Å². The lowest BCUT2D eigenvalue weighted by atomic mass is 9.70. The summed E-state index contributed by atoms with van der Waals surface area (Å²) in [6, 6.07) is 7.70. The average molecular weight is 536 g/mol. The van der Waals surface area contributed by atoms with Crippen molar-refractivity contribution in [1.29, 1.82) is 0 Å². The molecule has 38 heavy (non-hydrogen) atoms. The van der Waals surface area contributed by atoms with Crippen LogP contribution >= 0.6 is 0 Å². The number of aromatic nitrogens is 1. The fourth-order valence-corrected chi connectivity index (χ4v) is 7.20. The maximum Gasteiger partial charge on any atom is 0.192 e. The maximum absolute atomic E-state index is 12.0. The van der Waals surface area contributed by atoms with Crippen molar-refractivity contribution in [3.63, 3.8) is 0 Å². The van der Waals surface area contributed by atoms with Gasteiger partial charge >= 0.3 is 0 Å². The Morgan fingerprint density at radius 2 is 1.76 bits per heavy atom. The topological polar surface area (TPSA) is 62.6 Å². The first-order valence-electron chi connectivity index (χ1n) is 14.4. The van der Waals surface area contributed by atoms with Crippen LogP contribution < -0.4 is 0 Å². The summed E-state index contributed by atoms with van der Waals surface area (Å²) in [7, 11) is -2.07. The summed E-state index contributed by atoms with van der Waals surface area (Å²) in [5.74, 6) is 0.424. The molecule has 1 heterocycles. The van der Waals surface area contributed by atoms with Gasteiger partial charge in [0.2, 0.25) is 0 Å². The van der Waals surface area contributed by atoms with Crippen molar-refractivity contribution < 1.29 is 14.6 Å². The SMILES string of the molecule is CC(C)c1nc2c(c(C3C=CCC3)c1[C@H](O)c1ccc(CO)cc1)C(O[Si](C)(C)C(C)(C)C)CC(C)(C)C2. The minimum atomic E-state index is -2.07. The van der Waals surface area contributed by atoms with Crippen molar-refractivity contribution in [1.82, 2.24) is 4.98 Å². The molecular weight excluding hydrogens is 486 g/mol. The fraction of sp³-hybridized carbons (Fsp3) is 0.606. The third-order valence-corrected chi connectivity index (χ3v) is 13.5. The second-order valence-corrected chi connectivity index (χ2v) is 18.9. The summed E-state index contributed by atoms with van der Waals surface area (Å²) >= 11 is 0. The molecule has 3 atom stereocenters. The summed E-state index contributed by atoms with van der Waals surface area (Å²) in [4.78, 5) is 5.37. The van der Waals surface area contributed by atoms with Gasteiger partial charge in [0.15, 0.2) is 8.32 Å². The third-order valence-electron chi connectivity index (χ3n) is 9.05. The molecule has 0 saturated carbocycles. The van der Waals surface area contributed by atoms with Crippen LogP contribution in [0.1, 0.15) is 131 Å². The van der Waals surface area contributed by atoms with Crippen LogP contribution in [0.15, 0.2) is 36.4 Å². The van der Waals surface area contributed by atoms with Crippen LogP contribution in [0, 0.1) is 5.41 Å². The average Bonchev–Trinajstić information content (AvgIpc) is 3.35. The smallest absolute Gasteiger partial charge is 0.192 e. The lowest BCUT2D eigenvalue weighted by Crippen LogP contribution is -2.44. The van der Waals surface area contributed by atoms with Crippen LogP contribution in [-0.2, 0) is 17.5 Å². The van der Waals surface area contributed by atoms with Gasteiger partial charge in [0, 0.05) is 28.4 Å². The van der Waals surface area contributed by atoms with Crippen LogP contribution in [0.25, 0.3) is 0 Å². The molecule has 2 aromatic rings. The highest BCUT2D eigenvalue weighted by atomic mass is 28.4. The standard InChI is InChI=1S/C33H49NO3Si/c1-21(2)30-29(31(36)24-16-14-22(20-35)15-17-24)27(23-12-10-11-13-23)28-25(34-30)18-33(6,7)19-26(28)37-38(8,9)32(3,4)5/h10,12,14-17,21,23,26,31,35-36H,11,13,18-20H2,1-9H3/t23?,26?,31-/m1/s1. The lowest BCUT2D eigenvalue weighted by molar-refractivity contribution is 0.104. The molecule has 2 aliphatic rings. The van der Waals surface area contributed by atoms with Crippen molar-refractivity contribution in [3.8, 4) is 0 Å². The van der Waals surface area contributed by atoms with Crippen LogP contribution in [0.5, 0.6) is 0 Å². The van der Waals surface area contributed by atoms with Gasteiger partial charge in [-0.2, -0.15) is 0 Å². The molecule has 0 fully saturated rings. The highest BCUT2D eigenvalue weighted by Crippen LogP contribution is 2.52. The molecule has 0 saturated heterocycles. The zero-order valence-corrected chi connectivity index (χ0v) is 26.1. The number of aliphatic hydroxyl groups is 2. The normalized spacial score (nSPS) is 22.1. The van der Waals surface area contributed by atoms with Crippen molar-refractivity contribution in [3.05, 3.63) is 75.6 Å². The van der Waals surface area contributed by atoms with Crippen LogP contribution in [-0.4, -0.2) is 23.5 Å². The molecule has 4 nitrogen and oxygen atoms in total. The summed E-state index contributed by atoms with van der Waals surface area (Å²) in [5.41, 5.74) is 7.41. The van der Waals surface area contributed by atoms with E-state index in [4.69, 9.17) is 9.41 Å². The first kappa shape index (κ1) is 29.2. The first-order chi connectivity index (χ1) is 17.6. The first-order valence-corrected chi connectivity index (χ1v) is 17.3. The summed E-state index contributed by atoms with van der Waals surface area (Å²) < 4.78 is 7.24. The van der Waals surface area contributed by atoms with E-state index in [0.717, 1.165) is 53.8 Å². The molecule has 2 unspecified atom stereocenters. The van der Waals surface area contributed by atoms with E-state index >= 15 is 0 Å². The number of benzene rings is 1. The number of allylic oxidation sites excluding steroid dienone is 2. The molecule has 2 aliphatic carbocycles. The van der Waals surface area contributed by atoms with E-state index in [0.29, 0.717) is 0 Å². The molecule has 0 radical (unpaired) electrons. The van der Waals surface area contributed by atoms with Gasteiger partial charge in [-0.15, -0.1) is 0 Å². The Morgan fingerprint density at radius 3 is 2.29 bits per heavy atom. The van der Waals surface area contributed by atoms with Gasteiger partial charge in [-0.1, -0.05) is 84.9 Å². The number of nitrogens with zero attached hydrogens (tertiary/aromatic N) is 1. The lowest BCUT2D eigenvalue weighted by Gasteiger charge is -2.45. The van der Waals surface area contributed by atoms with Gasteiger partial charge in [0.25, 0.3) is 0 Å². The zero-order chi connectivity index (χ0) is 28.0. The molecule has 0 bridgehead atoms. The minimum absolute atomic E-state index is 0.00556. The Balaban J connectivity index is 1.99. The predicted molar refractivity (Wildman–Crippen MR) is 159 cm³/mol. The fourth-order valence-electron chi connectivity index (χ4n) is 5.93. The molecular formula is C33H49NO3Si. The number of pyridine rings is 1. The predicted octanol–water partition coefficient (Wildman–Crippen LogP) is 8.25. The van der Waals surface area contributed by atoms with Gasteiger partial charge in [-0.05, 0) is 71.8 Å². The van der Waals surface area contributed by atoms with E-state index in [9.17, 15) is 10.2 Å². The molecule has 0 amide bonds. The monoisotopic (exact) mass is 535 g/mol. The molecule has 1 aromatic carbocycles. The Hall–Kier alpha value is -1.79. The van der Waals surface area contributed by atoms with Crippen molar-refractivity contribution in [2.45, 2.75) is 123 Å². The molecule has 2 N–H and O–H groups in total. The van der Waals surface area contributed by atoms with Crippen molar-refractivity contribution >= 4 is 8.32 Å². The molecule has 1 aromatic heterocycles. The largest absolute Gasteiger partial charge is 0.410 e. The number of hydrogen-bond donors (Lipinski definition) is 2. The second kappa shape index (κ2) is 10.6. The summed E-state index contributed by atoms with van der Waals surface area (Å²) in [6.45, 7) is 20.7. The van der Waals surface area contributed by atoms with E-state index < -0.39 is 14.4 Å². The minimum Gasteiger partial charge on any atom is -0.410 e. The quantitative estimate of drug-likeness (QED) is 0.277. The summed E-state index contributed by atoms with van der Waals surface area (Å²) in [6.07, 6.45) is 7.79. The third kappa shape index (κ3) is 5.72. The van der Waals surface area contributed by atoms with E-state index in [1.807, 2.05) is 24.3 Å². The number of aliphatic hydroxyl groups excluding tert-OH is 2. The maximum atomic E-state index is 12.0. The highest BCUT2D eigenvalue weighted by Gasteiger charge is 2.45. The second-order valence-electron chi connectivity index (χ2n) is 14.2. The van der Waals surface area contributed by atoms with Gasteiger partial charge < -0.3 is 14.6 Å². The van der Waals surface area contributed by atoms with Crippen LogP contribution in [0.4, 0.5) is 0 Å². The van der Waals surface area contributed by atoms with Gasteiger partial charge in [-0.3, -0.25) is 4.98 Å². The molecule has 0 spiro atoms. The van der Waals surface area contributed by atoms with Crippen molar-refractivity contribution in [2.24, 2.45) is 5.41 Å². The summed E-state index contributed by atoms with van der Waals surface area (Å²) in [5, 5.41) is 21.7. The molecule has 4 rings (SSSR count). The van der Waals surface area contributed by atoms with E-state index in [1.165, 1.54) is 11.1 Å². The van der Waals surface area contributed by atoms with Gasteiger partial charge in [0.1, 0.15) is 6.10 Å². The van der Waals surface area contributed by atoms with Crippen LogP contribution in [0.3, 0.4) is 0 Å². The number of hydrogen-bond acceptors (Lipinski definition) is 4. The Morgan fingerprint density at radius 1 is 1.11 bits per heavy atom. The van der Waals surface area contributed by atoms with E-state index in [1.54, 1.807) is 0 Å². The molecule has 0 aliphatic heterocycles. The Kier molecular flexibility index (Phi) is 8.18. The van der Waals surface area contributed by atoms with Gasteiger partial charge in [-0.25, -0.2) is 0 Å². The highest BCUT2D eigenvalue weighted by molar-refractivity contribution is 6.74.